The normalized spacial score (nSPS) is 11.0. The minimum atomic E-state index is -0.411. The number of hydrogen-bond acceptors (Lipinski definition) is 4. The van der Waals surface area contributed by atoms with Crippen LogP contribution in [0.5, 0.6) is 5.75 Å². The zero-order chi connectivity index (χ0) is 18.4. The smallest absolute Gasteiger partial charge is 0.280 e. The number of aliphatic imine (C=N–C) groups is 1. The molecule has 0 aliphatic rings. The van der Waals surface area contributed by atoms with Crippen LogP contribution < -0.4 is 10.1 Å². The second kappa shape index (κ2) is 7.94. The molecule has 0 saturated carbocycles. The SMILES string of the molecule is COc1ccc(N=C(Nc2ccccc2)c2ccccc2[N+](=O)[O-])cc1. The van der Waals surface area contributed by atoms with Gasteiger partial charge in [-0.1, -0.05) is 30.3 Å². The highest BCUT2D eigenvalue weighted by atomic mass is 16.6. The van der Waals surface area contributed by atoms with E-state index in [1.807, 2.05) is 30.3 Å². The molecule has 0 unspecified atom stereocenters. The Morgan fingerprint density at radius 1 is 0.962 bits per heavy atom. The van der Waals surface area contributed by atoms with Crippen molar-refractivity contribution in [3.8, 4) is 5.75 Å². The van der Waals surface area contributed by atoms with Crippen LogP contribution in [0.3, 0.4) is 0 Å². The molecule has 0 amide bonds. The summed E-state index contributed by atoms with van der Waals surface area (Å²) in [6, 6.07) is 23.1. The van der Waals surface area contributed by atoms with E-state index in [1.165, 1.54) is 6.07 Å². The number of amidine groups is 1. The van der Waals surface area contributed by atoms with Crippen LogP contribution in [0, 0.1) is 10.1 Å². The lowest BCUT2D eigenvalue weighted by molar-refractivity contribution is -0.385. The van der Waals surface area contributed by atoms with E-state index in [4.69, 9.17) is 4.74 Å². The van der Waals surface area contributed by atoms with Crippen LogP contribution in [0.25, 0.3) is 0 Å². The fraction of sp³-hybridized carbons (Fsp3) is 0.0500. The van der Waals surface area contributed by atoms with E-state index < -0.39 is 4.92 Å². The van der Waals surface area contributed by atoms with E-state index >= 15 is 0 Å². The number of nitrogens with one attached hydrogen (secondary N) is 1. The van der Waals surface area contributed by atoms with Crippen LogP contribution in [0.15, 0.2) is 83.9 Å². The number of rotatable bonds is 5. The summed E-state index contributed by atoms with van der Waals surface area (Å²) in [5, 5.41) is 14.6. The average Bonchev–Trinajstić information content (AvgIpc) is 2.69. The minimum absolute atomic E-state index is 0.0109. The summed E-state index contributed by atoms with van der Waals surface area (Å²) >= 11 is 0. The van der Waals surface area contributed by atoms with Gasteiger partial charge in [0.1, 0.15) is 11.6 Å². The molecule has 0 atom stereocenters. The number of nitrogens with zero attached hydrogens (tertiary/aromatic N) is 2. The molecule has 6 nitrogen and oxygen atoms in total. The molecular weight excluding hydrogens is 330 g/mol. The summed E-state index contributed by atoms with van der Waals surface area (Å²) in [7, 11) is 1.59. The molecule has 0 aliphatic carbocycles. The summed E-state index contributed by atoms with van der Waals surface area (Å²) in [5.74, 6) is 1.11. The Morgan fingerprint density at radius 3 is 2.27 bits per heavy atom. The van der Waals surface area contributed by atoms with Crippen molar-refractivity contribution < 1.29 is 9.66 Å². The molecule has 0 aromatic heterocycles. The van der Waals surface area contributed by atoms with Gasteiger partial charge < -0.3 is 10.1 Å². The Hall–Kier alpha value is -3.67. The second-order valence-electron chi connectivity index (χ2n) is 5.42. The minimum Gasteiger partial charge on any atom is -0.497 e. The van der Waals surface area contributed by atoms with E-state index in [9.17, 15) is 10.1 Å². The van der Waals surface area contributed by atoms with E-state index in [2.05, 4.69) is 10.3 Å². The third-order valence-electron chi connectivity index (χ3n) is 3.71. The lowest BCUT2D eigenvalue weighted by Gasteiger charge is -2.11. The van der Waals surface area contributed by atoms with Gasteiger partial charge >= 0.3 is 0 Å². The van der Waals surface area contributed by atoms with Crippen LogP contribution in [0.4, 0.5) is 17.1 Å². The predicted molar refractivity (Wildman–Crippen MR) is 102 cm³/mol. The van der Waals surface area contributed by atoms with Crippen molar-refractivity contribution in [2.45, 2.75) is 0 Å². The molecule has 6 heteroatoms. The molecule has 26 heavy (non-hydrogen) atoms. The largest absolute Gasteiger partial charge is 0.497 e. The number of anilines is 1. The first-order valence-corrected chi connectivity index (χ1v) is 7.96. The van der Waals surface area contributed by atoms with Crippen LogP contribution >= 0.6 is 0 Å². The van der Waals surface area contributed by atoms with Crippen LogP contribution in [0.1, 0.15) is 5.56 Å². The van der Waals surface area contributed by atoms with Crippen molar-refractivity contribution in [2.24, 2.45) is 4.99 Å². The highest BCUT2D eigenvalue weighted by Gasteiger charge is 2.18. The van der Waals surface area contributed by atoms with Gasteiger partial charge in [-0.25, -0.2) is 4.99 Å². The predicted octanol–water partition coefficient (Wildman–Crippen LogP) is 4.79. The van der Waals surface area contributed by atoms with Crippen LogP contribution in [0.2, 0.25) is 0 Å². The molecule has 0 radical (unpaired) electrons. The lowest BCUT2D eigenvalue weighted by Crippen LogP contribution is -2.15. The zero-order valence-electron chi connectivity index (χ0n) is 14.1. The standard InChI is InChI=1S/C20H17N3O3/c1-26-17-13-11-16(12-14-17)22-20(21-15-7-3-2-4-8-15)18-9-5-6-10-19(18)23(24)25/h2-14H,1H3,(H,21,22). The number of methoxy groups -OCH3 is 1. The molecule has 130 valence electrons. The maximum absolute atomic E-state index is 11.4. The monoisotopic (exact) mass is 347 g/mol. The molecular formula is C20H17N3O3. The van der Waals surface area contributed by atoms with Gasteiger partial charge in [-0.2, -0.15) is 0 Å². The molecule has 3 aromatic rings. The number of nitro benzene ring substituents is 1. The third kappa shape index (κ3) is 4.05. The number of para-hydroxylation sites is 2. The Bertz CT molecular complexity index is 923. The maximum Gasteiger partial charge on any atom is 0.280 e. The van der Waals surface area contributed by atoms with E-state index in [0.29, 0.717) is 22.8 Å². The number of nitro groups is 1. The first-order chi connectivity index (χ1) is 12.7. The van der Waals surface area contributed by atoms with Gasteiger partial charge in [-0.3, -0.25) is 10.1 Å². The number of ether oxygens (including phenoxy) is 1. The highest BCUT2D eigenvalue weighted by molar-refractivity contribution is 6.11. The van der Waals surface area contributed by atoms with Gasteiger partial charge in [0.15, 0.2) is 0 Å². The van der Waals surface area contributed by atoms with Crippen molar-refractivity contribution in [2.75, 3.05) is 12.4 Å². The van der Waals surface area contributed by atoms with E-state index in [0.717, 1.165) is 5.69 Å². The molecule has 3 aromatic carbocycles. The second-order valence-corrected chi connectivity index (χ2v) is 5.42. The summed E-state index contributed by atoms with van der Waals surface area (Å²) in [4.78, 5) is 15.6. The van der Waals surface area contributed by atoms with Crippen molar-refractivity contribution in [1.29, 1.82) is 0 Å². The van der Waals surface area contributed by atoms with Crippen molar-refractivity contribution in [3.05, 3.63) is 94.5 Å². The lowest BCUT2D eigenvalue weighted by atomic mass is 10.1. The Kier molecular flexibility index (Phi) is 5.24. The van der Waals surface area contributed by atoms with Gasteiger partial charge in [0.05, 0.1) is 23.3 Å². The van der Waals surface area contributed by atoms with E-state index in [1.54, 1.807) is 49.6 Å². The molecule has 1 N–H and O–H groups in total. The molecule has 0 bridgehead atoms. The van der Waals surface area contributed by atoms with Crippen molar-refractivity contribution in [3.63, 3.8) is 0 Å². The Balaban J connectivity index is 2.07. The number of hydrogen-bond donors (Lipinski definition) is 1. The maximum atomic E-state index is 11.4. The van der Waals surface area contributed by atoms with Gasteiger partial charge in [0, 0.05) is 11.8 Å². The fourth-order valence-electron chi connectivity index (χ4n) is 2.43. The van der Waals surface area contributed by atoms with Gasteiger partial charge in [0.2, 0.25) is 0 Å². The topological polar surface area (TPSA) is 76.8 Å². The van der Waals surface area contributed by atoms with Gasteiger partial charge in [-0.15, -0.1) is 0 Å². The summed E-state index contributed by atoms with van der Waals surface area (Å²) in [5.41, 5.74) is 1.85. The zero-order valence-corrected chi connectivity index (χ0v) is 14.1. The number of benzene rings is 3. The first kappa shape index (κ1) is 17.2. The van der Waals surface area contributed by atoms with E-state index in [-0.39, 0.29) is 5.69 Å². The van der Waals surface area contributed by atoms with Crippen LogP contribution in [-0.2, 0) is 0 Å². The van der Waals surface area contributed by atoms with Crippen molar-refractivity contribution in [1.82, 2.24) is 0 Å². The summed E-state index contributed by atoms with van der Waals surface area (Å²) in [6.45, 7) is 0. The molecule has 3 rings (SSSR count). The quantitative estimate of drug-likeness (QED) is 0.311. The first-order valence-electron chi connectivity index (χ1n) is 7.96. The third-order valence-corrected chi connectivity index (χ3v) is 3.71. The summed E-state index contributed by atoms with van der Waals surface area (Å²) in [6.07, 6.45) is 0. The Labute approximate surface area is 150 Å². The molecule has 0 aliphatic heterocycles. The summed E-state index contributed by atoms with van der Waals surface area (Å²) < 4.78 is 5.15. The highest BCUT2D eigenvalue weighted by Crippen LogP contribution is 2.24. The fourth-order valence-corrected chi connectivity index (χ4v) is 2.43. The molecule has 0 saturated heterocycles. The average molecular weight is 347 g/mol. The van der Waals surface area contributed by atoms with Crippen molar-refractivity contribution >= 4 is 22.9 Å². The Morgan fingerprint density at radius 2 is 1.62 bits per heavy atom. The molecule has 0 fully saturated rings. The van der Waals surface area contributed by atoms with Gasteiger partial charge in [0.25, 0.3) is 5.69 Å². The molecule has 0 spiro atoms. The van der Waals surface area contributed by atoms with Gasteiger partial charge in [-0.05, 0) is 42.5 Å². The van der Waals surface area contributed by atoms with Crippen LogP contribution in [-0.4, -0.2) is 17.9 Å². The molecule has 0 heterocycles.